The van der Waals surface area contributed by atoms with Gasteiger partial charge in [0.25, 0.3) is 0 Å². The van der Waals surface area contributed by atoms with Gasteiger partial charge in [-0.25, -0.2) is 0 Å². The number of ether oxygens (including phenoxy) is 1. The van der Waals surface area contributed by atoms with Crippen molar-refractivity contribution in [3.05, 3.63) is 29.4 Å². The lowest BCUT2D eigenvalue weighted by atomic mass is 10.2. The molecular formula is C13H14ClN3O. The summed E-state index contributed by atoms with van der Waals surface area (Å²) in [5.74, 6) is 0.898. The molecule has 0 spiro atoms. The molecule has 0 aliphatic carbocycles. The minimum absolute atomic E-state index is 0.279. The van der Waals surface area contributed by atoms with Crippen molar-refractivity contribution in [1.29, 1.82) is 0 Å². The van der Waals surface area contributed by atoms with Gasteiger partial charge in [-0.3, -0.25) is 0 Å². The van der Waals surface area contributed by atoms with Crippen LogP contribution in [0.15, 0.2) is 24.3 Å². The molecule has 1 atom stereocenters. The third kappa shape index (κ3) is 1.91. The molecule has 0 radical (unpaired) electrons. The second-order valence-corrected chi connectivity index (χ2v) is 4.81. The molecular weight excluding hydrogens is 250 g/mol. The maximum Gasteiger partial charge on any atom is 0.159 e. The highest BCUT2D eigenvalue weighted by molar-refractivity contribution is 6.34. The summed E-state index contributed by atoms with van der Waals surface area (Å²) in [6.07, 6.45) is 1.30. The second kappa shape index (κ2) is 4.71. The average Bonchev–Trinajstić information content (AvgIpc) is 2.88. The molecule has 1 unspecified atom stereocenters. The molecule has 2 aromatic rings. The first-order chi connectivity index (χ1) is 8.79. The molecule has 0 saturated carbocycles. The van der Waals surface area contributed by atoms with Crippen molar-refractivity contribution >= 4 is 28.2 Å². The van der Waals surface area contributed by atoms with Gasteiger partial charge in [0.05, 0.1) is 6.10 Å². The molecule has 4 nitrogen and oxygen atoms in total. The van der Waals surface area contributed by atoms with E-state index < -0.39 is 0 Å². The maximum absolute atomic E-state index is 6.07. The topological polar surface area (TPSA) is 38.2 Å². The molecule has 94 valence electrons. The smallest absolute Gasteiger partial charge is 0.159 e. The van der Waals surface area contributed by atoms with Gasteiger partial charge in [0, 0.05) is 31.0 Å². The normalized spacial score (nSPS) is 19.7. The Labute approximate surface area is 111 Å². The van der Waals surface area contributed by atoms with Crippen LogP contribution in [0.25, 0.3) is 10.8 Å². The molecule has 1 aliphatic rings. The Bertz CT molecular complexity index is 575. The number of hydrogen-bond acceptors (Lipinski definition) is 4. The van der Waals surface area contributed by atoms with E-state index in [0.717, 1.165) is 36.1 Å². The molecule has 18 heavy (non-hydrogen) atoms. The first kappa shape index (κ1) is 11.7. The van der Waals surface area contributed by atoms with Gasteiger partial charge in [-0.2, -0.15) is 0 Å². The first-order valence-electron chi connectivity index (χ1n) is 5.98. The molecule has 1 aromatic heterocycles. The van der Waals surface area contributed by atoms with E-state index in [4.69, 9.17) is 16.3 Å². The Morgan fingerprint density at radius 1 is 1.28 bits per heavy atom. The van der Waals surface area contributed by atoms with Crippen molar-refractivity contribution in [1.82, 2.24) is 10.2 Å². The first-order valence-corrected chi connectivity index (χ1v) is 6.36. The van der Waals surface area contributed by atoms with E-state index in [9.17, 15) is 0 Å². The summed E-state index contributed by atoms with van der Waals surface area (Å²) < 4.78 is 5.38. The Morgan fingerprint density at radius 2 is 2.06 bits per heavy atom. The third-order valence-electron chi connectivity index (χ3n) is 3.40. The van der Waals surface area contributed by atoms with Gasteiger partial charge < -0.3 is 9.64 Å². The van der Waals surface area contributed by atoms with Crippen LogP contribution in [-0.4, -0.2) is 36.5 Å². The van der Waals surface area contributed by atoms with Crippen molar-refractivity contribution in [2.45, 2.75) is 12.5 Å². The molecule has 1 fully saturated rings. The second-order valence-electron chi connectivity index (χ2n) is 4.45. The molecule has 0 amide bonds. The average molecular weight is 264 g/mol. The third-order valence-corrected chi connectivity index (χ3v) is 3.68. The Kier molecular flexibility index (Phi) is 3.06. The summed E-state index contributed by atoms with van der Waals surface area (Å²) in [6.45, 7) is 1.80. The van der Waals surface area contributed by atoms with Crippen LogP contribution in [0.1, 0.15) is 6.42 Å². The van der Waals surface area contributed by atoms with Gasteiger partial charge in [0.1, 0.15) is 0 Å². The highest BCUT2D eigenvalue weighted by atomic mass is 35.5. The lowest BCUT2D eigenvalue weighted by Gasteiger charge is -2.18. The van der Waals surface area contributed by atoms with Gasteiger partial charge in [0.15, 0.2) is 11.0 Å². The zero-order chi connectivity index (χ0) is 12.5. The lowest BCUT2D eigenvalue weighted by molar-refractivity contribution is 0.121. The number of hydrogen-bond donors (Lipinski definition) is 0. The Hall–Kier alpha value is -1.39. The zero-order valence-corrected chi connectivity index (χ0v) is 10.9. The van der Waals surface area contributed by atoms with Gasteiger partial charge in [-0.1, -0.05) is 35.9 Å². The molecule has 1 aromatic carbocycles. The van der Waals surface area contributed by atoms with Crippen LogP contribution in [0.4, 0.5) is 5.82 Å². The summed E-state index contributed by atoms with van der Waals surface area (Å²) in [5, 5.41) is 10.7. The molecule has 0 bridgehead atoms. The minimum atomic E-state index is 0.279. The number of benzene rings is 1. The van der Waals surface area contributed by atoms with Crippen LogP contribution in [0.3, 0.4) is 0 Å². The summed E-state index contributed by atoms with van der Waals surface area (Å²) in [4.78, 5) is 2.21. The van der Waals surface area contributed by atoms with E-state index in [-0.39, 0.29) is 6.10 Å². The SMILES string of the molecule is COC1CCN(c2nnc(Cl)c3ccccc23)C1. The quantitative estimate of drug-likeness (QED) is 0.835. The number of halogens is 1. The highest BCUT2D eigenvalue weighted by Crippen LogP contribution is 2.30. The molecule has 1 saturated heterocycles. The number of fused-ring (bicyclic) bond motifs is 1. The largest absolute Gasteiger partial charge is 0.380 e. The maximum atomic E-state index is 6.07. The summed E-state index contributed by atoms with van der Waals surface area (Å²) >= 11 is 6.07. The number of rotatable bonds is 2. The predicted octanol–water partition coefficient (Wildman–Crippen LogP) is 2.51. The van der Waals surface area contributed by atoms with Crippen molar-refractivity contribution in [3.8, 4) is 0 Å². The fraction of sp³-hybridized carbons (Fsp3) is 0.385. The van der Waals surface area contributed by atoms with E-state index >= 15 is 0 Å². The van der Waals surface area contributed by atoms with Crippen LogP contribution < -0.4 is 4.90 Å². The number of aromatic nitrogens is 2. The summed E-state index contributed by atoms with van der Waals surface area (Å²) in [5.41, 5.74) is 0. The highest BCUT2D eigenvalue weighted by Gasteiger charge is 2.25. The lowest BCUT2D eigenvalue weighted by Crippen LogP contribution is -2.23. The molecule has 2 heterocycles. The van der Waals surface area contributed by atoms with E-state index in [1.807, 2.05) is 24.3 Å². The fourth-order valence-corrected chi connectivity index (χ4v) is 2.61. The number of methoxy groups -OCH3 is 1. The molecule has 1 aliphatic heterocycles. The van der Waals surface area contributed by atoms with Crippen molar-refractivity contribution in [3.63, 3.8) is 0 Å². The molecule has 3 rings (SSSR count). The fourth-order valence-electron chi connectivity index (χ4n) is 2.40. The molecule has 0 N–H and O–H groups in total. The van der Waals surface area contributed by atoms with Crippen LogP contribution in [0.5, 0.6) is 0 Å². The van der Waals surface area contributed by atoms with Crippen molar-refractivity contribution in [2.75, 3.05) is 25.1 Å². The Morgan fingerprint density at radius 3 is 2.78 bits per heavy atom. The minimum Gasteiger partial charge on any atom is -0.380 e. The van der Waals surface area contributed by atoms with E-state index in [1.165, 1.54) is 0 Å². The van der Waals surface area contributed by atoms with Crippen LogP contribution >= 0.6 is 11.6 Å². The van der Waals surface area contributed by atoms with Crippen LogP contribution in [0.2, 0.25) is 5.15 Å². The zero-order valence-electron chi connectivity index (χ0n) is 10.1. The van der Waals surface area contributed by atoms with Crippen LogP contribution in [-0.2, 0) is 4.74 Å². The number of nitrogens with zero attached hydrogens (tertiary/aromatic N) is 3. The van der Waals surface area contributed by atoms with Crippen molar-refractivity contribution in [2.24, 2.45) is 0 Å². The van der Waals surface area contributed by atoms with Crippen LogP contribution in [0, 0.1) is 0 Å². The summed E-state index contributed by atoms with van der Waals surface area (Å²) in [7, 11) is 1.75. The van der Waals surface area contributed by atoms with Crippen molar-refractivity contribution < 1.29 is 4.74 Å². The predicted molar refractivity (Wildman–Crippen MR) is 72.2 cm³/mol. The molecule has 5 heteroatoms. The van der Waals surface area contributed by atoms with E-state index in [0.29, 0.717) is 5.15 Å². The standard InChI is InChI=1S/C13H14ClN3O/c1-18-9-6-7-17(8-9)13-11-5-3-2-4-10(11)12(14)15-16-13/h2-5,9H,6-8H2,1H3. The monoisotopic (exact) mass is 263 g/mol. The Balaban J connectivity index is 2.05. The van der Waals surface area contributed by atoms with Gasteiger partial charge in [-0.05, 0) is 6.42 Å². The van der Waals surface area contributed by atoms with E-state index in [2.05, 4.69) is 15.1 Å². The van der Waals surface area contributed by atoms with E-state index in [1.54, 1.807) is 7.11 Å². The number of anilines is 1. The van der Waals surface area contributed by atoms with Gasteiger partial charge in [-0.15, -0.1) is 10.2 Å². The van der Waals surface area contributed by atoms with Gasteiger partial charge >= 0.3 is 0 Å². The van der Waals surface area contributed by atoms with Gasteiger partial charge in [0.2, 0.25) is 0 Å². The summed E-state index contributed by atoms with van der Waals surface area (Å²) in [6, 6.07) is 7.96.